The molecule has 4 nitrogen and oxygen atoms in total. The van der Waals surface area contributed by atoms with E-state index in [9.17, 15) is 4.39 Å². The first-order valence-corrected chi connectivity index (χ1v) is 12.0. The lowest BCUT2D eigenvalue weighted by Crippen LogP contribution is -2.63. The maximum Gasteiger partial charge on any atom is 0.129 e. The number of nitrogens with zero attached hydrogens (tertiary/aromatic N) is 2. The number of halogens is 1. The number of nitrogens with one attached hydrogen (secondary N) is 1. The minimum absolute atomic E-state index is 0.0462. The van der Waals surface area contributed by atoms with Gasteiger partial charge in [0.25, 0.3) is 0 Å². The molecule has 0 amide bonds. The van der Waals surface area contributed by atoms with Gasteiger partial charge in [-0.2, -0.15) is 0 Å². The van der Waals surface area contributed by atoms with Crippen molar-refractivity contribution in [3.05, 3.63) is 0 Å². The highest BCUT2D eigenvalue weighted by Gasteiger charge is 2.69. The summed E-state index contributed by atoms with van der Waals surface area (Å²) >= 11 is 0. The van der Waals surface area contributed by atoms with Crippen LogP contribution in [0.5, 0.6) is 0 Å². The molecule has 3 aliphatic rings. The molecule has 0 aromatic rings. The highest BCUT2D eigenvalue weighted by Crippen LogP contribution is 2.59. The molecule has 5 heteroatoms. The lowest BCUT2D eigenvalue weighted by molar-refractivity contribution is 0.0127. The van der Waals surface area contributed by atoms with Crippen molar-refractivity contribution in [1.29, 1.82) is 0 Å². The van der Waals surface area contributed by atoms with Crippen LogP contribution in [-0.2, 0) is 0 Å². The molecule has 2 saturated heterocycles. The third kappa shape index (κ3) is 4.09. The van der Waals surface area contributed by atoms with Crippen LogP contribution in [0.25, 0.3) is 0 Å². The Morgan fingerprint density at radius 2 is 1.47 bits per heavy atom. The Kier molecular flexibility index (Phi) is 5.80. The maximum atomic E-state index is 14.7. The van der Waals surface area contributed by atoms with Crippen molar-refractivity contribution in [3.8, 4) is 0 Å². The van der Waals surface area contributed by atoms with Gasteiger partial charge in [0.2, 0.25) is 0 Å². The van der Waals surface area contributed by atoms with E-state index in [2.05, 4.69) is 91.3 Å². The standard InChI is InChI=1S/C25H49FN4/c1-21(2,3)19-18(27)17(26)14-29(19)24(10,11)15-28-25-12-16(25)13-30(23(7,8)9)20(25)22(4,5)6/h16-20,28H,12-15,27H2,1-11H3/t16?,17-,18+,19?,20?,25+/m0/s1. The largest absolute Gasteiger partial charge is 0.324 e. The fourth-order valence-electron chi connectivity index (χ4n) is 6.73. The van der Waals surface area contributed by atoms with Crippen molar-refractivity contribution < 1.29 is 4.39 Å². The number of likely N-dealkylation sites (tertiary alicyclic amines) is 2. The van der Waals surface area contributed by atoms with E-state index in [-0.39, 0.29) is 33.5 Å². The zero-order chi connectivity index (χ0) is 23.1. The fraction of sp³-hybridized carbons (Fsp3) is 1.00. The third-order valence-corrected chi connectivity index (χ3v) is 8.06. The van der Waals surface area contributed by atoms with Crippen LogP contribution < -0.4 is 11.1 Å². The van der Waals surface area contributed by atoms with E-state index >= 15 is 0 Å². The molecule has 2 aliphatic heterocycles. The smallest absolute Gasteiger partial charge is 0.129 e. The quantitative estimate of drug-likeness (QED) is 0.715. The summed E-state index contributed by atoms with van der Waals surface area (Å²) in [6, 6.07) is 0.130. The van der Waals surface area contributed by atoms with Crippen molar-refractivity contribution in [3.63, 3.8) is 0 Å². The normalized spacial score (nSPS) is 38.9. The summed E-state index contributed by atoms with van der Waals surface area (Å²) in [5, 5.41) is 4.06. The topological polar surface area (TPSA) is 44.5 Å². The zero-order valence-corrected chi connectivity index (χ0v) is 21.6. The first-order chi connectivity index (χ1) is 13.3. The monoisotopic (exact) mass is 424 g/mol. The molecule has 0 bridgehead atoms. The molecule has 2 heterocycles. The molecule has 1 saturated carbocycles. The Labute approximate surface area is 185 Å². The summed E-state index contributed by atoms with van der Waals surface area (Å²) in [4.78, 5) is 5.08. The number of hydrogen-bond acceptors (Lipinski definition) is 4. The van der Waals surface area contributed by atoms with Gasteiger partial charge in [0.15, 0.2) is 0 Å². The molecule has 3 N–H and O–H groups in total. The Morgan fingerprint density at radius 1 is 0.900 bits per heavy atom. The van der Waals surface area contributed by atoms with Gasteiger partial charge in [0.1, 0.15) is 6.17 Å². The average Bonchev–Trinajstić information content (AvgIpc) is 2.96. The SMILES string of the molecule is CC(C)(C)C1[C@H](N)[C@@H](F)CN1C(C)(C)CN[C@]12CC1CN(C(C)(C)C)C2C(C)(C)C. The van der Waals surface area contributed by atoms with E-state index in [1.165, 1.54) is 13.0 Å². The first-order valence-electron chi connectivity index (χ1n) is 12.0. The zero-order valence-electron chi connectivity index (χ0n) is 21.6. The number of alkyl halides is 1. The van der Waals surface area contributed by atoms with E-state index in [1.807, 2.05) is 0 Å². The van der Waals surface area contributed by atoms with Crippen LogP contribution in [0.1, 0.15) is 82.6 Å². The molecule has 0 radical (unpaired) electrons. The maximum absolute atomic E-state index is 14.7. The third-order valence-electron chi connectivity index (χ3n) is 8.06. The molecule has 176 valence electrons. The van der Waals surface area contributed by atoms with Crippen molar-refractivity contribution in [2.75, 3.05) is 19.6 Å². The van der Waals surface area contributed by atoms with Gasteiger partial charge in [0, 0.05) is 48.3 Å². The molecular weight excluding hydrogens is 375 g/mol. The molecule has 0 spiro atoms. The van der Waals surface area contributed by atoms with Gasteiger partial charge in [-0.25, -0.2) is 4.39 Å². The van der Waals surface area contributed by atoms with E-state index in [1.54, 1.807) is 0 Å². The number of fused-ring (bicyclic) bond motifs is 1. The van der Waals surface area contributed by atoms with Crippen LogP contribution in [0.15, 0.2) is 0 Å². The summed E-state index contributed by atoms with van der Waals surface area (Å²) in [7, 11) is 0. The van der Waals surface area contributed by atoms with Crippen LogP contribution in [0.2, 0.25) is 0 Å². The van der Waals surface area contributed by atoms with Gasteiger partial charge < -0.3 is 11.1 Å². The van der Waals surface area contributed by atoms with Crippen LogP contribution in [0.3, 0.4) is 0 Å². The Bertz CT molecular complexity index is 641. The molecule has 3 unspecified atom stereocenters. The van der Waals surface area contributed by atoms with Gasteiger partial charge in [-0.05, 0) is 57.8 Å². The summed E-state index contributed by atoms with van der Waals surface area (Å²) < 4.78 is 14.7. The van der Waals surface area contributed by atoms with Crippen LogP contribution in [0, 0.1) is 16.7 Å². The molecule has 1 aliphatic carbocycles. The van der Waals surface area contributed by atoms with Crippen LogP contribution >= 0.6 is 0 Å². The van der Waals surface area contributed by atoms with E-state index in [0.29, 0.717) is 18.5 Å². The van der Waals surface area contributed by atoms with E-state index in [0.717, 1.165) is 6.54 Å². The van der Waals surface area contributed by atoms with Crippen molar-refractivity contribution in [2.45, 2.75) is 123 Å². The predicted octanol–water partition coefficient (Wildman–Crippen LogP) is 4.04. The fourth-order valence-corrected chi connectivity index (χ4v) is 6.73. The second-order valence-electron chi connectivity index (χ2n) is 14.3. The molecule has 3 fully saturated rings. The molecule has 0 aromatic carbocycles. The Balaban J connectivity index is 1.80. The van der Waals surface area contributed by atoms with Crippen LogP contribution in [-0.4, -0.2) is 70.3 Å². The summed E-state index contributed by atoms with van der Waals surface area (Å²) in [5.41, 5.74) is 6.68. The molecule has 0 aromatic heterocycles. The summed E-state index contributed by atoms with van der Waals surface area (Å²) in [6.45, 7) is 27.7. The Morgan fingerprint density at radius 3 is 1.93 bits per heavy atom. The predicted molar refractivity (Wildman–Crippen MR) is 125 cm³/mol. The van der Waals surface area contributed by atoms with Gasteiger partial charge >= 0.3 is 0 Å². The van der Waals surface area contributed by atoms with Gasteiger partial charge in [0.05, 0.1) is 6.04 Å². The summed E-state index contributed by atoms with van der Waals surface area (Å²) in [6.07, 6.45) is 0.302. The minimum atomic E-state index is -0.953. The lowest BCUT2D eigenvalue weighted by Gasteiger charge is -2.49. The van der Waals surface area contributed by atoms with Crippen molar-refractivity contribution in [1.82, 2.24) is 15.1 Å². The second-order valence-corrected chi connectivity index (χ2v) is 14.3. The number of hydrogen-bond donors (Lipinski definition) is 2. The molecule has 3 rings (SSSR count). The molecular formula is C25H49FN4. The lowest BCUT2D eigenvalue weighted by atomic mass is 9.78. The van der Waals surface area contributed by atoms with Gasteiger partial charge in [-0.1, -0.05) is 41.5 Å². The number of nitrogens with two attached hydrogens (primary N) is 1. The van der Waals surface area contributed by atoms with Crippen LogP contribution in [0.4, 0.5) is 4.39 Å². The highest BCUT2D eigenvalue weighted by atomic mass is 19.1. The molecule has 6 atom stereocenters. The minimum Gasteiger partial charge on any atom is -0.324 e. The van der Waals surface area contributed by atoms with Crippen molar-refractivity contribution >= 4 is 0 Å². The van der Waals surface area contributed by atoms with E-state index < -0.39 is 12.2 Å². The number of rotatable bonds is 4. The number of piperidine rings is 1. The van der Waals surface area contributed by atoms with Gasteiger partial charge in [-0.3, -0.25) is 9.80 Å². The van der Waals surface area contributed by atoms with Gasteiger partial charge in [-0.15, -0.1) is 0 Å². The second kappa shape index (κ2) is 7.13. The first kappa shape index (κ1) is 24.4. The van der Waals surface area contributed by atoms with Crippen molar-refractivity contribution in [2.24, 2.45) is 22.5 Å². The summed E-state index contributed by atoms with van der Waals surface area (Å²) in [5.74, 6) is 0.713. The average molecular weight is 425 g/mol. The Hall–Kier alpha value is -0.230. The van der Waals surface area contributed by atoms with E-state index in [4.69, 9.17) is 5.73 Å². The highest BCUT2D eigenvalue weighted by molar-refractivity contribution is 5.27. The molecule has 30 heavy (non-hydrogen) atoms.